The van der Waals surface area contributed by atoms with Crippen LogP contribution in [0.1, 0.15) is 6.42 Å². The lowest BCUT2D eigenvalue weighted by Crippen LogP contribution is -2.40. The quantitative estimate of drug-likeness (QED) is 0.632. The molecule has 1 heterocycles. The number of rotatable bonds is 1. The minimum atomic E-state index is -0.162. The summed E-state index contributed by atoms with van der Waals surface area (Å²) < 4.78 is 0. The summed E-state index contributed by atoms with van der Waals surface area (Å²) in [6.45, 7) is 0. The summed E-state index contributed by atoms with van der Waals surface area (Å²) in [7, 11) is 0. The van der Waals surface area contributed by atoms with E-state index in [0.717, 1.165) is 0 Å². The van der Waals surface area contributed by atoms with Crippen molar-refractivity contribution in [2.75, 3.05) is 4.90 Å². The van der Waals surface area contributed by atoms with Crippen LogP contribution < -0.4 is 4.90 Å². The van der Waals surface area contributed by atoms with E-state index in [9.17, 15) is 14.7 Å². The Hall–Kier alpha value is -2.10. The molecule has 0 unspecified atom stereocenters. The molecule has 2 amide bonds. The van der Waals surface area contributed by atoms with Gasteiger partial charge in [-0.15, -0.1) is 0 Å². The summed E-state index contributed by atoms with van der Waals surface area (Å²) in [6, 6.07) is 6.31. The largest absolute Gasteiger partial charge is 0.508 e. The molecule has 1 aromatic rings. The molecular formula is C17H15NO3. The topological polar surface area (TPSA) is 57.6 Å². The highest BCUT2D eigenvalue weighted by atomic mass is 16.3. The molecule has 1 aromatic carbocycles. The second-order valence-corrected chi connectivity index (χ2v) is 6.68. The molecule has 21 heavy (non-hydrogen) atoms. The van der Waals surface area contributed by atoms with Crippen LogP contribution in [0.4, 0.5) is 5.69 Å². The first-order chi connectivity index (χ1) is 10.2. The number of nitrogens with zero attached hydrogens (tertiary/aromatic N) is 1. The SMILES string of the molecule is O=C1[C@@H]2[C@H]3C=C[C@@H]([C@@H]4C[C@@H]34)[C@H]2C(=O)N1c1ccc(O)cc1. The number of carbonyl (C=O) groups excluding carboxylic acids is 2. The zero-order valence-corrected chi connectivity index (χ0v) is 11.3. The molecular weight excluding hydrogens is 266 g/mol. The highest BCUT2D eigenvalue weighted by molar-refractivity contribution is 6.22. The fraction of sp³-hybridized carbons (Fsp3) is 0.412. The Balaban J connectivity index is 1.58. The summed E-state index contributed by atoms with van der Waals surface area (Å²) >= 11 is 0. The standard InChI is InChI=1S/C17H15NO3/c19-9-3-1-8(2-4-9)18-16(20)14-10-5-6-11(13-7-12(10)13)15(14)17(18)21/h1-6,10-15,19H,7H2/t10-,11-,12-,13-,14+,15+/m0/s1. The van der Waals surface area contributed by atoms with Gasteiger partial charge in [-0.2, -0.15) is 0 Å². The van der Waals surface area contributed by atoms with Crippen molar-refractivity contribution >= 4 is 17.5 Å². The monoisotopic (exact) mass is 281 g/mol. The molecule has 5 aliphatic rings. The van der Waals surface area contributed by atoms with Crippen LogP contribution in [0.2, 0.25) is 0 Å². The molecule has 0 radical (unpaired) electrons. The highest BCUT2D eigenvalue weighted by Crippen LogP contribution is 2.65. The van der Waals surface area contributed by atoms with Crippen molar-refractivity contribution in [1.29, 1.82) is 0 Å². The Kier molecular flexibility index (Phi) is 1.96. The van der Waals surface area contributed by atoms with E-state index >= 15 is 0 Å². The maximum Gasteiger partial charge on any atom is 0.238 e. The van der Waals surface area contributed by atoms with Gasteiger partial charge in [0.25, 0.3) is 0 Å². The zero-order valence-electron chi connectivity index (χ0n) is 11.3. The van der Waals surface area contributed by atoms with Crippen molar-refractivity contribution in [1.82, 2.24) is 0 Å². The summed E-state index contributed by atoms with van der Waals surface area (Å²) in [4.78, 5) is 26.9. The molecule has 1 saturated heterocycles. The Bertz CT molecular complexity index is 656. The van der Waals surface area contributed by atoms with Gasteiger partial charge in [0.1, 0.15) is 5.75 Å². The molecule has 2 saturated carbocycles. The number of allylic oxidation sites excluding steroid dienone is 2. The first-order valence-electron chi connectivity index (χ1n) is 7.52. The van der Waals surface area contributed by atoms with Gasteiger partial charge in [0.15, 0.2) is 0 Å². The molecule has 6 atom stereocenters. The lowest BCUT2D eigenvalue weighted by atomic mass is 9.63. The van der Waals surface area contributed by atoms with Gasteiger partial charge in [0.05, 0.1) is 17.5 Å². The predicted octanol–water partition coefficient (Wildman–Crippen LogP) is 1.95. The van der Waals surface area contributed by atoms with Gasteiger partial charge in [-0.25, -0.2) is 0 Å². The number of imide groups is 1. The Morgan fingerprint density at radius 2 is 1.43 bits per heavy atom. The van der Waals surface area contributed by atoms with E-state index in [4.69, 9.17) is 0 Å². The lowest BCUT2D eigenvalue weighted by molar-refractivity contribution is -0.124. The van der Waals surface area contributed by atoms with Crippen LogP contribution in [0.3, 0.4) is 0 Å². The van der Waals surface area contributed by atoms with Crippen LogP contribution in [0, 0.1) is 35.5 Å². The third kappa shape index (κ3) is 1.30. The number of carbonyl (C=O) groups is 2. The molecule has 4 aliphatic carbocycles. The molecule has 4 heteroatoms. The van der Waals surface area contributed by atoms with Crippen LogP contribution in [-0.4, -0.2) is 16.9 Å². The van der Waals surface area contributed by atoms with Crippen LogP contribution in [-0.2, 0) is 9.59 Å². The van der Waals surface area contributed by atoms with Gasteiger partial charge in [0.2, 0.25) is 11.8 Å². The molecule has 6 rings (SSSR count). The first-order valence-corrected chi connectivity index (χ1v) is 7.52. The second kappa shape index (κ2) is 3.56. The minimum Gasteiger partial charge on any atom is -0.508 e. The number of phenolic OH excluding ortho intramolecular Hbond substituents is 1. The number of hydrogen-bond acceptors (Lipinski definition) is 3. The van der Waals surface area contributed by atoms with E-state index in [2.05, 4.69) is 12.2 Å². The highest BCUT2D eigenvalue weighted by Gasteiger charge is 2.67. The van der Waals surface area contributed by atoms with Crippen molar-refractivity contribution in [3.05, 3.63) is 36.4 Å². The third-order valence-corrected chi connectivity index (χ3v) is 5.77. The molecule has 0 spiro atoms. The summed E-state index contributed by atoms with van der Waals surface area (Å²) in [5.74, 6) is 1.46. The third-order valence-electron chi connectivity index (χ3n) is 5.77. The fourth-order valence-electron chi connectivity index (χ4n) is 4.81. The molecule has 3 fully saturated rings. The number of aromatic hydroxyl groups is 1. The lowest BCUT2D eigenvalue weighted by Gasteiger charge is -2.37. The fourth-order valence-corrected chi connectivity index (χ4v) is 4.81. The van der Waals surface area contributed by atoms with Crippen molar-refractivity contribution in [2.24, 2.45) is 35.5 Å². The summed E-state index contributed by atoms with van der Waals surface area (Å²) in [5, 5.41) is 9.37. The number of amides is 2. The van der Waals surface area contributed by atoms with Crippen LogP contribution in [0.5, 0.6) is 5.75 Å². The number of anilines is 1. The maximum absolute atomic E-state index is 12.8. The van der Waals surface area contributed by atoms with E-state index < -0.39 is 0 Å². The number of hydrogen-bond donors (Lipinski definition) is 1. The van der Waals surface area contributed by atoms with Gasteiger partial charge < -0.3 is 5.11 Å². The summed E-state index contributed by atoms with van der Waals surface area (Å²) in [6.07, 6.45) is 5.52. The van der Waals surface area contributed by atoms with Crippen LogP contribution >= 0.6 is 0 Å². The molecule has 1 N–H and O–H groups in total. The van der Waals surface area contributed by atoms with E-state index in [1.807, 2.05) is 0 Å². The van der Waals surface area contributed by atoms with Gasteiger partial charge in [-0.3, -0.25) is 14.5 Å². The molecule has 106 valence electrons. The summed E-state index contributed by atoms with van der Waals surface area (Å²) in [5.41, 5.74) is 0.574. The Morgan fingerprint density at radius 3 is 1.95 bits per heavy atom. The van der Waals surface area contributed by atoms with E-state index in [1.54, 1.807) is 12.1 Å². The van der Waals surface area contributed by atoms with Crippen molar-refractivity contribution < 1.29 is 14.7 Å². The van der Waals surface area contributed by atoms with E-state index in [0.29, 0.717) is 17.5 Å². The smallest absolute Gasteiger partial charge is 0.238 e. The molecule has 1 aliphatic heterocycles. The van der Waals surface area contributed by atoms with Crippen molar-refractivity contribution in [3.63, 3.8) is 0 Å². The number of phenols is 1. The van der Waals surface area contributed by atoms with Gasteiger partial charge in [-0.1, -0.05) is 12.2 Å². The average Bonchev–Trinajstić information content (AvgIpc) is 3.26. The van der Waals surface area contributed by atoms with Gasteiger partial charge >= 0.3 is 0 Å². The van der Waals surface area contributed by atoms with Gasteiger partial charge in [0, 0.05) is 0 Å². The molecule has 0 aromatic heterocycles. The first kappa shape index (κ1) is 11.5. The zero-order chi connectivity index (χ0) is 14.3. The van der Waals surface area contributed by atoms with Crippen molar-refractivity contribution in [2.45, 2.75) is 6.42 Å². The second-order valence-electron chi connectivity index (χ2n) is 6.68. The van der Waals surface area contributed by atoms with Crippen molar-refractivity contribution in [3.8, 4) is 5.75 Å². The molecule has 4 nitrogen and oxygen atoms in total. The van der Waals surface area contributed by atoms with Crippen LogP contribution in [0.25, 0.3) is 0 Å². The Labute approximate surface area is 122 Å². The van der Waals surface area contributed by atoms with Crippen LogP contribution in [0.15, 0.2) is 36.4 Å². The van der Waals surface area contributed by atoms with E-state index in [1.165, 1.54) is 23.5 Å². The Morgan fingerprint density at radius 1 is 0.905 bits per heavy atom. The molecule has 2 bridgehead atoms. The maximum atomic E-state index is 12.8. The van der Waals surface area contributed by atoms with Gasteiger partial charge in [-0.05, 0) is 54.4 Å². The number of benzene rings is 1. The average molecular weight is 281 g/mol. The predicted molar refractivity (Wildman–Crippen MR) is 75.3 cm³/mol. The van der Waals surface area contributed by atoms with E-state index in [-0.39, 0.29) is 41.2 Å². The minimum absolute atomic E-state index is 0.0552. The normalized spacial score (nSPS) is 42.2.